The molecule has 0 N–H and O–H groups in total. The summed E-state index contributed by atoms with van der Waals surface area (Å²) >= 11 is 0.700. The van der Waals surface area contributed by atoms with Crippen molar-refractivity contribution >= 4 is 12.4 Å². The molecule has 1 aromatic carbocycles. The van der Waals surface area contributed by atoms with Crippen LogP contribution in [0.25, 0.3) is 0 Å². The first kappa shape index (κ1) is 11.0. The molecule has 0 aromatic heterocycles. The number of hydrogen-bond donors (Lipinski definition) is 0. The fourth-order valence-electron chi connectivity index (χ4n) is 0.321. The topological polar surface area (TPSA) is 17.1 Å². The summed E-state index contributed by atoms with van der Waals surface area (Å²) in [6, 6.07) is 10.0. The SMILES string of the molecule is Cl.[O]=[Mo].c1cc[cH-]c1. The Morgan fingerprint density at radius 3 is 1.62 bits per heavy atom. The fraction of sp³-hybridized carbons (Fsp3) is 0. The van der Waals surface area contributed by atoms with Gasteiger partial charge in [0.25, 0.3) is 0 Å². The Bertz CT molecular complexity index is 79.3. The largest absolute Gasteiger partial charge is 0.214 e. The molecular formula is C5H6ClMoO-. The van der Waals surface area contributed by atoms with Gasteiger partial charge in [-0.2, -0.15) is 18.2 Å². The Hall–Kier alpha value is 0.128. The van der Waals surface area contributed by atoms with Gasteiger partial charge in [-0.3, -0.25) is 0 Å². The van der Waals surface area contributed by atoms with Gasteiger partial charge in [0.05, 0.1) is 0 Å². The summed E-state index contributed by atoms with van der Waals surface area (Å²) in [5, 5.41) is 0. The van der Waals surface area contributed by atoms with Crippen LogP contribution in [0.4, 0.5) is 0 Å². The van der Waals surface area contributed by atoms with Crippen LogP contribution in [0.5, 0.6) is 0 Å². The van der Waals surface area contributed by atoms with Crippen LogP contribution >= 0.6 is 12.4 Å². The molecule has 0 atom stereocenters. The van der Waals surface area contributed by atoms with Crippen molar-refractivity contribution in [2.75, 3.05) is 0 Å². The Balaban J connectivity index is 0. The number of hydrogen-bond acceptors (Lipinski definition) is 1. The van der Waals surface area contributed by atoms with Gasteiger partial charge in [-0.25, -0.2) is 12.1 Å². The van der Waals surface area contributed by atoms with Gasteiger partial charge in [-0.1, -0.05) is 0 Å². The van der Waals surface area contributed by atoms with E-state index in [-0.39, 0.29) is 12.4 Å². The summed E-state index contributed by atoms with van der Waals surface area (Å²) in [5.74, 6) is 0. The van der Waals surface area contributed by atoms with Crippen LogP contribution in [0.3, 0.4) is 0 Å². The summed E-state index contributed by atoms with van der Waals surface area (Å²) in [5.41, 5.74) is 0. The Kier molecular flexibility index (Phi) is 14.0. The molecule has 0 saturated heterocycles. The molecule has 0 saturated carbocycles. The van der Waals surface area contributed by atoms with Crippen LogP contribution in [-0.2, 0) is 23.2 Å². The number of halogens is 1. The van der Waals surface area contributed by atoms with E-state index < -0.39 is 0 Å². The van der Waals surface area contributed by atoms with Gasteiger partial charge in [-0.05, 0) is 0 Å². The average Bonchev–Trinajstić information content (AvgIpc) is 2.23. The van der Waals surface area contributed by atoms with Crippen LogP contribution in [0.15, 0.2) is 30.3 Å². The van der Waals surface area contributed by atoms with E-state index in [1.54, 1.807) is 0 Å². The zero-order chi connectivity index (χ0) is 5.54. The summed E-state index contributed by atoms with van der Waals surface area (Å²) in [7, 11) is 0. The van der Waals surface area contributed by atoms with Crippen LogP contribution in [0, 0.1) is 0 Å². The monoisotopic (exact) mass is 215 g/mol. The van der Waals surface area contributed by atoms with E-state index in [1.165, 1.54) is 0 Å². The van der Waals surface area contributed by atoms with Crippen molar-refractivity contribution in [1.82, 2.24) is 0 Å². The standard InChI is InChI=1S/C5H5.ClH.Mo.O/c1-2-4-5-3-1;;;/h1-5H;1H;;/q-1;;;. The van der Waals surface area contributed by atoms with E-state index in [4.69, 9.17) is 3.40 Å². The minimum absolute atomic E-state index is 0. The molecule has 0 heterocycles. The van der Waals surface area contributed by atoms with Crippen LogP contribution in [0.2, 0.25) is 0 Å². The van der Waals surface area contributed by atoms with Gasteiger partial charge in [-0.15, -0.1) is 12.4 Å². The average molecular weight is 213 g/mol. The molecule has 46 valence electrons. The third kappa shape index (κ3) is 6.13. The molecule has 1 nitrogen and oxygen atoms in total. The van der Waals surface area contributed by atoms with Gasteiger partial charge in [0.15, 0.2) is 0 Å². The fourth-order valence-corrected chi connectivity index (χ4v) is 0.321. The second kappa shape index (κ2) is 10.2. The van der Waals surface area contributed by atoms with Crippen molar-refractivity contribution < 1.29 is 23.2 Å². The van der Waals surface area contributed by atoms with Gasteiger partial charge in [0, 0.05) is 0 Å². The van der Waals surface area contributed by atoms with Gasteiger partial charge in [0.1, 0.15) is 0 Å². The molecule has 0 bridgehead atoms. The third-order valence-electron chi connectivity index (χ3n) is 0.556. The Labute approximate surface area is 66.1 Å². The van der Waals surface area contributed by atoms with Crippen molar-refractivity contribution in [3.05, 3.63) is 30.3 Å². The predicted octanol–water partition coefficient (Wildman–Crippen LogP) is 1.71. The maximum absolute atomic E-state index is 8.26. The molecule has 0 aliphatic carbocycles. The minimum Gasteiger partial charge on any atom is -0.214 e. The molecule has 1 aromatic rings. The molecule has 3 heteroatoms. The molecule has 0 amide bonds. The first-order chi connectivity index (χ1) is 3.50. The van der Waals surface area contributed by atoms with E-state index >= 15 is 0 Å². The molecule has 1 rings (SSSR count). The maximum Gasteiger partial charge on any atom is -0.172 e. The smallest absolute Gasteiger partial charge is 0.172 e. The third-order valence-corrected chi connectivity index (χ3v) is 0.556. The molecule has 0 unspecified atom stereocenters. The predicted molar refractivity (Wildman–Crippen MR) is 30.0 cm³/mol. The van der Waals surface area contributed by atoms with E-state index in [0.29, 0.717) is 19.8 Å². The molecular weight excluding hydrogens is 207 g/mol. The second-order valence-electron chi connectivity index (χ2n) is 0.962. The normalized spacial score (nSPS) is 5.50. The first-order valence-corrected chi connectivity index (χ1v) is 2.65. The minimum atomic E-state index is 0. The zero-order valence-corrected chi connectivity index (χ0v) is 6.93. The van der Waals surface area contributed by atoms with E-state index in [0.717, 1.165) is 0 Å². The zero-order valence-electron chi connectivity index (χ0n) is 4.11. The second-order valence-corrected chi connectivity index (χ2v) is 0.962. The van der Waals surface area contributed by atoms with Gasteiger partial charge >= 0.3 is 23.2 Å². The van der Waals surface area contributed by atoms with Crippen LogP contribution < -0.4 is 0 Å². The van der Waals surface area contributed by atoms with Crippen molar-refractivity contribution in [3.63, 3.8) is 0 Å². The van der Waals surface area contributed by atoms with E-state index in [1.807, 2.05) is 30.3 Å². The summed E-state index contributed by atoms with van der Waals surface area (Å²) in [6.07, 6.45) is 0. The molecule has 0 fully saturated rings. The first-order valence-electron chi connectivity index (χ1n) is 1.83. The summed E-state index contributed by atoms with van der Waals surface area (Å²) in [6.45, 7) is 0. The van der Waals surface area contributed by atoms with Gasteiger partial charge in [0.2, 0.25) is 0 Å². The van der Waals surface area contributed by atoms with E-state index in [9.17, 15) is 0 Å². The van der Waals surface area contributed by atoms with E-state index in [2.05, 4.69) is 0 Å². The molecule has 0 radical (unpaired) electrons. The van der Waals surface area contributed by atoms with Gasteiger partial charge < -0.3 is 0 Å². The van der Waals surface area contributed by atoms with Crippen LogP contribution in [0.1, 0.15) is 0 Å². The van der Waals surface area contributed by atoms with Crippen molar-refractivity contribution in [3.8, 4) is 0 Å². The van der Waals surface area contributed by atoms with Crippen molar-refractivity contribution in [2.24, 2.45) is 0 Å². The Morgan fingerprint density at radius 1 is 1.12 bits per heavy atom. The molecule has 0 aliphatic heterocycles. The van der Waals surface area contributed by atoms with Crippen molar-refractivity contribution in [2.45, 2.75) is 0 Å². The van der Waals surface area contributed by atoms with Crippen molar-refractivity contribution in [1.29, 1.82) is 0 Å². The molecule has 0 aliphatic rings. The number of rotatable bonds is 0. The quantitative estimate of drug-likeness (QED) is 0.474. The summed E-state index contributed by atoms with van der Waals surface area (Å²) < 4.78 is 8.26. The Morgan fingerprint density at radius 2 is 1.50 bits per heavy atom. The molecule has 0 spiro atoms. The van der Waals surface area contributed by atoms with Crippen LogP contribution in [-0.4, -0.2) is 0 Å². The summed E-state index contributed by atoms with van der Waals surface area (Å²) in [4.78, 5) is 0. The maximum atomic E-state index is 8.26. The molecule has 8 heavy (non-hydrogen) atoms.